The van der Waals surface area contributed by atoms with E-state index >= 15 is 0 Å². The van der Waals surface area contributed by atoms with E-state index in [2.05, 4.69) is 52.7 Å². The molecule has 1 fully saturated rings. The predicted octanol–water partition coefficient (Wildman–Crippen LogP) is 5.38. The van der Waals surface area contributed by atoms with Crippen LogP contribution in [0.2, 0.25) is 0 Å². The van der Waals surface area contributed by atoms with Gasteiger partial charge in [0.05, 0.1) is 12.6 Å². The van der Waals surface area contributed by atoms with Crippen molar-refractivity contribution in [2.45, 2.75) is 25.4 Å². The molecule has 5 heteroatoms. The first kappa shape index (κ1) is 20.5. The van der Waals surface area contributed by atoms with Gasteiger partial charge in [-0.2, -0.15) is 0 Å². The number of hydrogen-bond donors (Lipinski definition) is 1. The van der Waals surface area contributed by atoms with Gasteiger partial charge in [-0.1, -0.05) is 42.5 Å². The molecule has 1 aliphatic rings. The Labute approximate surface area is 189 Å². The summed E-state index contributed by atoms with van der Waals surface area (Å²) in [5.41, 5.74) is 3.32. The topological polar surface area (TPSA) is 50.3 Å². The Bertz CT molecular complexity index is 1170. The zero-order valence-electron chi connectivity index (χ0n) is 18.4. The van der Waals surface area contributed by atoms with Crippen molar-refractivity contribution in [2.75, 3.05) is 25.5 Å². The van der Waals surface area contributed by atoms with Crippen LogP contribution in [-0.4, -0.2) is 41.1 Å². The van der Waals surface area contributed by atoms with E-state index in [4.69, 9.17) is 14.7 Å². The Morgan fingerprint density at radius 1 is 0.875 bits per heavy atom. The predicted molar refractivity (Wildman–Crippen MR) is 130 cm³/mol. The van der Waals surface area contributed by atoms with Gasteiger partial charge in [-0.25, -0.2) is 9.97 Å². The number of fused-ring (bicyclic) bond motifs is 1. The summed E-state index contributed by atoms with van der Waals surface area (Å²) in [6, 6.07) is 27.3. The molecule has 0 atom stereocenters. The Balaban J connectivity index is 1.33. The molecule has 0 saturated carbocycles. The molecule has 0 aliphatic carbocycles. The highest BCUT2D eigenvalue weighted by Gasteiger charge is 2.21. The number of ether oxygens (including phenoxy) is 1. The molecule has 162 valence electrons. The maximum absolute atomic E-state index is 5.29. The molecule has 1 N–H and O–H groups in total. The van der Waals surface area contributed by atoms with Crippen LogP contribution in [0, 0.1) is 0 Å². The van der Waals surface area contributed by atoms with Crippen molar-refractivity contribution in [3.8, 4) is 17.1 Å². The molecule has 0 unspecified atom stereocenters. The molecule has 1 aliphatic heterocycles. The van der Waals surface area contributed by atoms with Crippen LogP contribution in [0.5, 0.6) is 5.75 Å². The number of hydrogen-bond acceptors (Lipinski definition) is 5. The van der Waals surface area contributed by atoms with Crippen molar-refractivity contribution in [1.29, 1.82) is 0 Å². The van der Waals surface area contributed by atoms with Crippen molar-refractivity contribution in [3.05, 3.63) is 84.4 Å². The first-order valence-corrected chi connectivity index (χ1v) is 11.2. The van der Waals surface area contributed by atoms with E-state index in [1.165, 1.54) is 5.56 Å². The van der Waals surface area contributed by atoms with Gasteiger partial charge in [-0.05, 0) is 54.8 Å². The van der Waals surface area contributed by atoms with E-state index in [-0.39, 0.29) is 0 Å². The zero-order chi connectivity index (χ0) is 21.8. The van der Waals surface area contributed by atoms with E-state index in [0.29, 0.717) is 6.04 Å². The number of nitrogens with zero attached hydrogens (tertiary/aromatic N) is 3. The zero-order valence-corrected chi connectivity index (χ0v) is 18.4. The fourth-order valence-electron chi connectivity index (χ4n) is 4.33. The Morgan fingerprint density at radius 2 is 1.59 bits per heavy atom. The number of piperidine rings is 1. The lowest BCUT2D eigenvalue weighted by Crippen LogP contribution is -2.38. The lowest BCUT2D eigenvalue weighted by molar-refractivity contribution is 0.211. The minimum absolute atomic E-state index is 0.407. The molecule has 5 nitrogen and oxygen atoms in total. The molecular weight excluding hydrogens is 396 g/mol. The maximum atomic E-state index is 5.29. The van der Waals surface area contributed by atoms with Gasteiger partial charge in [0, 0.05) is 36.6 Å². The molecule has 2 heterocycles. The summed E-state index contributed by atoms with van der Waals surface area (Å²) in [6.45, 7) is 3.19. The summed E-state index contributed by atoms with van der Waals surface area (Å²) < 4.78 is 5.29. The molecule has 0 radical (unpaired) electrons. The van der Waals surface area contributed by atoms with E-state index in [9.17, 15) is 0 Å². The molecule has 5 rings (SSSR count). The minimum atomic E-state index is 0.407. The quantitative estimate of drug-likeness (QED) is 0.450. The average Bonchev–Trinajstić information content (AvgIpc) is 2.86. The second kappa shape index (κ2) is 9.37. The minimum Gasteiger partial charge on any atom is -0.497 e. The average molecular weight is 425 g/mol. The lowest BCUT2D eigenvalue weighted by atomic mass is 10.0. The number of rotatable bonds is 6. The number of methoxy groups -OCH3 is 1. The van der Waals surface area contributed by atoms with Gasteiger partial charge in [0.1, 0.15) is 11.6 Å². The van der Waals surface area contributed by atoms with Gasteiger partial charge < -0.3 is 10.1 Å². The summed E-state index contributed by atoms with van der Waals surface area (Å²) in [6.07, 6.45) is 2.20. The summed E-state index contributed by atoms with van der Waals surface area (Å²) in [4.78, 5) is 12.3. The second-order valence-corrected chi connectivity index (χ2v) is 8.32. The van der Waals surface area contributed by atoms with Crippen LogP contribution in [0.4, 0.5) is 5.82 Å². The van der Waals surface area contributed by atoms with Gasteiger partial charge in [0.2, 0.25) is 0 Å². The summed E-state index contributed by atoms with van der Waals surface area (Å²) >= 11 is 0. The molecule has 0 spiro atoms. The molecule has 0 bridgehead atoms. The van der Waals surface area contributed by atoms with E-state index < -0.39 is 0 Å². The molecule has 4 aromatic rings. The molecule has 1 saturated heterocycles. The summed E-state index contributed by atoms with van der Waals surface area (Å²) in [5.74, 6) is 2.48. The van der Waals surface area contributed by atoms with Crippen LogP contribution in [0.1, 0.15) is 18.4 Å². The Morgan fingerprint density at radius 3 is 2.34 bits per heavy atom. The van der Waals surface area contributed by atoms with Crippen LogP contribution >= 0.6 is 0 Å². The highest BCUT2D eigenvalue weighted by atomic mass is 16.5. The number of para-hydroxylation sites is 1. The van der Waals surface area contributed by atoms with Crippen molar-refractivity contribution in [1.82, 2.24) is 14.9 Å². The van der Waals surface area contributed by atoms with Crippen LogP contribution in [0.15, 0.2) is 78.9 Å². The smallest absolute Gasteiger partial charge is 0.162 e. The van der Waals surface area contributed by atoms with Crippen LogP contribution in [0.3, 0.4) is 0 Å². The third-order valence-corrected chi connectivity index (χ3v) is 6.13. The SMILES string of the molecule is COc1ccc(-c2nc(NC3CCN(Cc4ccccc4)CC3)c3ccccc3n2)cc1. The van der Waals surface area contributed by atoms with Crippen LogP contribution in [0.25, 0.3) is 22.3 Å². The largest absolute Gasteiger partial charge is 0.497 e. The van der Waals surface area contributed by atoms with Crippen molar-refractivity contribution >= 4 is 16.7 Å². The van der Waals surface area contributed by atoms with Crippen molar-refractivity contribution < 1.29 is 4.74 Å². The van der Waals surface area contributed by atoms with Gasteiger partial charge in [0.15, 0.2) is 5.82 Å². The van der Waals surface area contributed by atoms with Crippen molar-refractivity contribution in [3.63, 3.8) is 0 Å². The van der Waals surface area contributed by atoms with Gasteiger partial charge in [-0.15, -0.1) is 0 Å². The molecule has 1 aromatic heterocycles. The van der Waals surface area contributed by atoms with Gasteiger partial charge in [-0.3, -0.25) is 4.90 Å². The third kappa shape index (κ3) is 4.58. The number of benzene rings is 3. The van der Waals surface area contributed by atoms with Crippen LogP contribution < -0.4 is 10.1 Å². The molecule has 32 heavy (non-hydrogen) atoms. The van der Waals surface area contributed by atoms with Gasteiger partial charge >= 0.3 is 0 Å². The van der Waals surface area contributed by atoms with Gasteiger partial charge in [0.25, 0.3) is 0 Å². The fourth-order valence-corrected chi connectivity index (χ4v) is 4.33. The van der Waals surface area contributed by atoms with E-state index in [0.717, 1.165) is 66.3 Å². The van der Waals surface area contributed by atoms with E-state index in [1.54, 1.807) is 7.11 Å². The summed E-state index contributed by atoms with van der Waals surface area (Å²) in [5, 5.41) is 4.80. The number of aromatic nitrogens is 2. The number of likely N-dealkylation sites (tertiary alicyclic amines) is 1. The monoisotopic (exact) mass is 424 g/mol. The second-order valence-electron chi connectivity index (χ2n) is 8.32. The third-order valence-electron chi connectivity index (χ3n) is 6.13. The molecular formula is C27H28N4O. The number of nitrogens with one attached hydrogen (secondary N) is 1. The normalized spacial score (nSPS) is 15.0. The van der Waals surface area contributed by atoms with Crippen LogP contribution in [-0.2, 0) is 6.54 Å². The number of anilines is 1. The highest BCUT2D eigenvalue weighted by molar-refractivity contribution is 5.90. The van der Waals surface area contributed by atoms with E-state index in [1.807, 2.05) is 36.4 Å². The first-order chi connectivity index (χ1) is 15.8. The standard InChI is InChI=1S/C27H28N4O/c1-32-23-13-11-21(12-14-23)26-29-25-10-6-5-9-24(25)27(30-26)28-22-15-17-31(18-16-22)19-20-7-3-2-4-8-20/h2-14,22H,15-19H2,1H3,(H,28,29,30). The highest BCUT2D eigenvalue weighted by Crippen LogP contribution is 2.28. The lowest BCUT2D eigenvalue weighted by Gasteiger charge is -2.32. The molecule has 3 aromatic carbocycles. The summed E-state index contributed by atoms with van der Waals surface area (Å²) in [7, 11) is 1.68. The fraction of sp³-hybridized carbons (Fsp3) is 0.259. The molecule has 0 amide bonds. The Kier molecular flexibility index (Phi) is 5.99. The Hall–Kier alpha value is -3.44. The maximum Gasteiger partial charge on any atom is 0.162 e. The first-order valence-electron chi connectivity index (χ1n) is 11.2. The van der Waals surface area contributed by atoms with Crippen molar-refractivity contribution in [2.24, 2.45) is 0 Å².